The number of carboxylic acids is 1. The third-order valence-electron chi connectivity index (χ3n) is 6.19. The number of rotatable bonds is 8. The molecule has 0 spiro atoms. The number of hydrogen-bond donors (Lipinski definition) is 2. The number of aliphatic carboxylic acids is 1. The Hall–Kier alpha value is -3.36. The van der Waals surface area contributed by atoms with Crippen LogP contribution in [-0.2, 0) is 9.59 Å². The zero-order valence-electron chi connectivity index (χ0n) is 18.8. The fraction of sp³-hybridized carbons (Fsp3) is 0.500. The Balaban J connectivity index is 1.41. The van der Waals surface area contributed by atoms with Crippen LogP contribution in [0.2, 0.25) is 0 Å². The Morgan fingerprint density at radius 3 is 2.70 bits per heavy atom. The van der Waals surface area contributed by atoms with Gasteiger partial charge in [0.15, 0.2) is 17.3 Å². The van der Waals surface area contributed by atoms with Crippen molar-refractivity contribution < 1.29 is 24.2 Å². The third-order valence-corrected chi connectivity index (χ3v) is 6.19. The van der Waals surface area contributed by atoms with Crippen molar-refractivity contribution in [2.24, 2.45) is 11.8 Å². The predicted octanol–water partition coefficient (Wildman–Crippen LogP) is 3.36. The fourth-order valence-electron chi connectivity index (χ4n) is 4.60. The number of nitrogens with one attached hydrogen (secondary N) is 1. The molecule has 1 aromatic carbocycles. The van der Waals surface area contributed by atoms with Crippen LogP contribution in [0.1, 0.15) is 39.0 Å². The minimum Gasteiger partial charge on any atom is -0.490 e. The van der Waals surface area contributed by atoms with Gasteiger partial charge in [-0.2, -0.15) is 0 Å². The lowest BCUT2D eigenvalue weighted by Gasteiger charge is -2.33. The number of carboxylic acid groups (broad SMARTS) is 1. The molecule has 0 radical (unpaired) electrons. The van der Waals surface area contributed by atoms with Gasteiger partial charge in [0, 0.05) is 6.54 Å². The summed E-state index contributed by atoms with van der Waals surface area (Å²) in [6.45, 7) is 3.95. The second-order valence-electron chi connectivity index (χ2n) is 8.44. The van der Waals surface area contributed by atoms with Gasteiger partial charge in [-0.1, -0.05) is 18.6 Å². The lowest BCUT2D eigenvalue weighted by molar-refractivity contribution is -0.145. The van der Waals surface area contributed by atoms with Crippen LogP contribution in [0.25, 0.3) is 0 Å². The highest BCUT2D eigenvalue weighted by molar-refractivity contribution is 5.94. The van der Waals surface area contributed by atoms with E-state index in [-0.39, 0.29) is 12.0 Å². The monoisotopic (exact) mass is 454 g/mol. The Morgan fingerprint density at radius 1 is 1.12 bits per heavy atom. The molecule has 1 saturated carbocycles. The van der Waals surface area contributed by atoms with Gasteiger partial charge in [-0.3, -0.25) is 14.6 Å². The maximum Gasteiger partial charge on any atom is 0.307 e. The van der Waals surface area contributed by atoms with Crippen molar-refractivity contribution in [3.05, 3.63) is 36.7 Å². The average Bonchev–Trinajstić information content (AvgIpc) is 3.32. The number of nitrogens with zero attached hydrogens (tertiary/aromatic N) is 3. The molecule has 1 saturated heterocycles. The number of ether oxygens (including phenoxy) is 2. The maximum absolute atomic E-state index is 12.7. The number of carbonyl (C=O) groups is 2. The van der Waals surface area contributed by atoms with Gasteiger partial charge in [0.25, 0.3) is 0 Å². The van der Waals surface area contributed by atoms with Crippen LogP contribution < -0.4 is 19.7 Å². The molecule has 1 unspecified atom stereocenters. The molecule has 9 heteroatoms. The van der Waals surface area contributed by atoms with Crippen LogP contribution in [0.15, 0.2) is 36.7 Å². The van der Waals surface area contributed by atoms with Gasteiger partial charge in [0.1, 0.15) is 11.9 Å². The van der Waals surface area contributed by atoms with E-state index in [1.165, 1.54) is 6.20 Å². The van der Waals surface area contributed by atoms with Gasteiger partial charge in [0.2, 0.25) is 5.91 Å². The second kappa shape index (κ2) is 10.5. The first-order chi connectivity index (χ1) is 16.0. The molecule has 1 aliphatic heterocycles. The van der Waals surface area contributed by atoms with Gasteiger partial charge >= 0.3 is 5.97 Å². The third kappa shape index (κ3) is 5.53. The smallest absolute Gasteiger partial charge is 0.307 e. The predicted molar refractivity (Wildman–Crippen MR) is 123 cm³/mol. The van der Waals surface area contributed by atoms with E-state index in [1.807, 2.05) is 31.2 Å². The summed E-state index contributed by atoms with van der Waals surface area (Å²) in [4.78, 5) is 35.0. The molecule has 1 aliphatic carbocycles. The first-order valence-electron chi connectivity index (χ1n) is 11.5. The number of amides is 1. The molecule has 9 nitrogen and oxygen atoms in total. The number of aromatic nitrogens is 2. The molecular weight excluding hydrogens is 424 g/mol. The molecule has 176 valence electrons. The van der Waals surface area contributed by atoms with Crippen LogP contribution in [0.3, 0.4) is 0 Å². The highest BCUT2D eigenvalue weighted by Gasteiger charge is 2.38. The van der Waals surface area contributed by atoms with Crippen molar-refractivity contribution in [2.75, 3.05) is 29.9 Å². The van der Waals surface area contributed by atoms with Crippen LogP contribution >= 0.6 is 0 Å². The van der Waals surface area contributed by atoms with Crippen LogP contribution in [0.5, 0.6) is 11.5 Å². The lowest BCUT2D eigenvalue weighted by Crippen LogP contribution is -2.41. The van der Waals surface area contributed by atoms with Crippen molar-refractivity contribution in [1.82, 2.24) is 9.97 Å². The lowest BCUT2D eigenvalue weighted by atomic mass is 9.95. The number of anilines is 2. The quantitative estimate of drug-likeness (QED) is 0.624. The van der Waals surface area contributed by atoms with Gasteiger partial charge in [0.05, 0.1) is 37.4 Å². The molecule has 1 amide bonds. The zero-order chi connectivity index (χ0) is 23.2. The topological polar surface area (TPSA) is 114 Å². The normalized spacial score (nSPS) is 22.6. The second-order valence-corrected chi connectivity index (χ2v) is 8.44. The Morgan fingerprint density at radius 2 is 1.91 bits per heavy atom. The van der Waals surface area contributed by atoms with E-state index in [4.69, 9.17) is 9.47 Å². The SMILES string of the molecule is CCOc1ccccc1O[C@@H]1CCCN(c2cncc(NC(=O)C3CCC[C@H]3C(=O)O)n2)C1. The summed E-state index contributed by atoms with van der Waals surface area (Å²) in [5.41, 5.74) is 0. The molecule has 2 fully saturated rings. The Bertz CT molecular complexity index is 985. The van der Waals surface area contributed by atoms with Gasteiger partial charge in [-0.05, 0) is 44.7 Å². The Labute approximate surface area is 193 Å². The summed E-state index contributed by atoms with van der Waals surface area (Å²) in [7, 11) is 0. The van der Waals surface area contributed by atoms with Gasteiger partial charge < -0.3 is 24.8 Å². The molecule has 3 atom stereocenters. The molecule has 2 N–H and O–H groups in total. The summed E-state index contributed by atoms with van der Waals surface area (Å²) < 4.78 is 11.9. The fourth-order valence-corrected chi connectivity index (χ4v) is 4.60. The largest absolute Gasteiger partial charge is 0.490 e. The minimum atomic E-state index is -0.919. The van der Waals surface area contributed by atoms with Gasteiger partial charge in [-0.25, -0.2) is 4.98 Å². The highest BCUT2D eigenvalue weighted by Crippen LogP contribution is 2.33. The average molecular weight is 455 g/mol. The van der Waals surface area contributed by atoms with E-state index in [2.05, 4.69) is 20.2 Å². The van der Waals surface area contributed by atoms with Crippen molar-refractivity contribution in [3.63, 3.8) is 0 Å². The van der Waals surface area contributed by atoms with E-state index in [1.54, 1.807) is 6.20 Å². The van der Waals surface area contributed by atoms with E-state index in [0.29, 0.717) is 37.6 Å². The van der Waals surface area contributed by atoms with Crippen molar-refractivity contribution in [2.45, 2.75) is 45.1 Å². The number of carbonyl (C=O) groups excluding carboxylic acids is 1. The molecule has 33 heavy (non-hydrogen) atoms. The number of piperidine rings is 1. The molecule has 1 aromatic heterocycles. The standard InChI is InChI=1S/C24H30N4O5/c1-2-32-19-10-3-4-11-20(19)33-16-7-6-12-28(15-16)22-14-25-13-21(26-22)27-23(29)17-8-5-9-18(17)24(30)31/h3-4,10-11,13-14,16-18H,2,5-9,12,15H2,1H3,(H,30,31)(H,26,27,29)/t16-,17?,18-/m1/s1. The van der Waals surface area contributed by atoms with Gasteiger partial charge in [-0.15, -0.1) is 0 Å². The van der Waals surface area contributed by atoms with E-state index in [0.717, 1.165) is 37.3 Å². The number of benzene rings is 1. The van der Waals surface area contributed by atoms with Crippen LogP contribution in [-0.4, -0.2) is 52.8 Å². The molecule has 4 rings (SSSR count). The van der Waals surface area contributed by atoms with Crippen LogP contribution in [0.4, 0.5) is 11.6 Å². The summed E-state index contributed by atoms with van der Waals surface area (Å²) in [5, 5.41) is 12.1. The van der Waals surface area contributed by atoms with Crippen molar-refractivity contribution in [3.8, 4) is 11.5 Å². The maximum atomic E-state index is 12.7. The summed E-state index contributed by atoms with van der Waals surface area (Å²) in [6.07, 6.45) is 6.81. The summed E-state index contributed by atoms with van der Waals surface area (Å²) in [6, 6.07) is 7.66. The summed E-state index contributed by atoms with van der Waals surface area (Å²) >= 11 is 0. The first kappa shape index (κ1) is 22.8. The van der Waals surface area contributed by atoms with Crippen molar-refractivity contribution >= 4 is 23.5 Å². The Kier molecular flexibility index (Phi) is 7.26. The molecular formula is C24H30N4O5. The first-order valence-corrected chi connectivity index (χ1v) is 11.5. The summed E-state index contributed by atoms with van der Waals surface area (Å²) in [5.74, 6) is 0.0399. The van der Waals surface area contributed by atoms with E-state index in [9.17, 15) is 14.7 Å². The minimum absolute atomic E-state index is 0.0322. The zero-order valence-corrected chi connectivity index (χ0v) is 18.8. The number of hydrogen-bond acceptors (Lipinski definition) is 7. The molecule has 2 aromatic rings. The van der Waals surface area contributed by atoms with E-state index >= 15 is 0 Å². The number of para-hydroxylation sites is 2. The highest BCUT2D eigenvalue weighted by atomic mass is 16.5. The van der Waals surface area contributed by atoms with Crippen molar-refractivity contribution in [1.29, 1.82) is 0 Å². The molecule has 2 aliphatic rings. The molecule has 0 bridgehead atoms. The van der Waals surface area contributed by atoms with Crippen LogP contribution in [0, 0.1) is 11.8 Å². The molecule has 2 heterocycles. The van der Waals surface area contributed by atoms with E-state index < -0.39 is 17.8 Å².